The molecule has 1 saturated heterocycles. The number of hydrogen-bond donors (Lipinski definition) is 2. The maximum absolute atomic E-state index is 11.9. The first-order valence-corrected chi connectivity index (χ1v) is 6.76. The average Bonchev–Trinajstić information content (AvgIpc) is 2.92. The van der Waals surface area contributed by atoms with Crippen molar-refractivity contribution >= 4 is 23.2 Å². The molecule has 2 N–H and O–H groups in total. The first-order valence-electron chi connectivity index (χ1n) is 5.88. The van der Waals surface area contributed by atoms with E-state index in [-0.39, 0.29) is 6.04 Å². The van der Waals surface area contributed by atoms with Crippen molar-refractivity contribution in [2.24, 2.45) is 0 Å². The van der Waals surface area contributed by atoms with Gasteiger partial charge in [0.15, 0.2) is 0 Å². The lowest BCUT2D eigenvalue weighted by molar-refractivity contribution is -0.146. The van der Waals surface area contributed by atoms with Gasteiger partial charge in [-0.15, -0.1) is 11.3 Å². The smallest absolute Gasteiger partial charge is 0.311 e. The van der Waals surface area contributed by atoms with Gasteiger partial charge in [-0.25, -0.2) is 4.98 Å². The molecule has 98 valence electrons. The average molecular weight is 268 g/mol. The predicted molar refractivity (Wildman–Crippen MR) is 68.1 cm³/mol. The van der Waals surface area contributed by atoms with Gasteiger partial charge in [-0.05, 0) is 6.92 Å². The van der Waals surface area contributed by atoms with Crippen LogP contribution in [0.15, 0.2) is 11.6 Å². The molecule has 0 aromatic carbocycles. The summed E-state index contributed by atoms with van der Waals surface area (Å²) >= 11 is 1.46. The van der Waals surface area contributed by atoms with Crippen LogP contribution in [0.1, 0.15) is 18.0 Å². The molecule has 1 aliphatic heterocycles. The first kappa shape index (κ1) is 13.0. The van der Waals surface area contributed by atoms with Crippen LogP contribution in [-0.4, -0.2) is 47.9 Å². The number of nitrogens with one attached hydrogen (secondary N) is 2. The second-order valence-corrected chi connectivity index (χ2v) is 5.03. The molecule has 0 aliphatic carbocycles. The fraction of sp³-hybridized carbons (Fsp3) is 0.545. The zero-order chi connectivity index (χ0) is 13.0. The van der Waals surface area contributed by atoms with Crippen LogP contribution < -0.4 is 10.6 Å². The van der Waals surface area contributed by atoms with Gasteiger partial charge in [-0.3, -0.25) is 9.59 Å². The fourth-order valence-corrected chi connectivity index (χ4v) is 2.43. The summed E-state index contributed by atoms with van der Waals surface area (Å²) < 4.78 is 0. The standard InChI is InChI=1S/C11H16N4O2S/c1-8(10-13-4-7-18-10)14-9(16)11(17)15-5-2-12-3-6-15/h4,7-8,12H,2-3,5-6H2,1H3,(H,14,16). The fourth-order valence-electron chi connectivity index (χ4n) is 1.78. The lowest BCUT2D eigenvalue weighted by Crippen LogP contribution is -2.51. The van der Waals surface area contributed by atoms with Crippen LogP contribution in [0, 0.1) is 0 Å². The van der Waals surface area contributed by atoms with Gasteiger partial charge in [0.2, 0.25) is 0 Å². The number of amides is 2. The Morgan fingerprint density at radius 3 is 2.83 bits per heavy atom. The van der Waals surface area contributed by atoms with Crippen LogP contribution in [0.3, 0.4) is 0 Å². The minimum Gasteiger partial charge on any atom is -0.339 e. The molecule has 0 radical (unpaired) electrons. The van der Waals surface area contributed by atoms with Gasteiger partial charge in [0, 0.05) is 37.8 Å². The Balaban J connectivity index is 1.89. The maximum Gasteiger partial charge on any atom is 0.311 e. The summed E-state index contributed by atoms with van der Waals surface area (Å²) in [6.45, 7) is 4.46. The molecular weight excluding hydrogens is 252 g/mol. The lowest BCUT2D eigenvalue weighted by Gasteiger charge is -2.27. The molecule has 0 bridgehead atoms. The van der Waals surface area contributed by atoms with E-state index in [1.165, 1.54) is 11.3 Å². The molecule has 2 amide bonds. The highest BCUT2D eigenvalue weighted by Gasteiger charge is 2.24. The molecule has 1 fully saturated rings. The monoisotopic (exact) mass is 268 g/mol. The maximum atomic E-state index is 11.9. The molecule has 2 heterocycles. The van der Waals surface area contributed by atoms with Gasteiger partial charge in [-0.1, -0.05) is 0 Å². The van der Waals surface area contributed by atoms with Crippen molar-refractivity contribution in [2.75, 3.05) is 26.2 Å². The van der Waals surface area contributed by atoms with Crippen LogP contribution >= 0.6 is 11.3 Å². The number of carbonyl (C=O) groups excluding carboxylic acids is 2. The van der Waals surface area contributed by atoms with E-state index in [1.807, 2.05) is 12.3 Å². The first-order chi connectivity index (χ1) is 8.68. The molecule has 2 rings (SSSR count). The molecule has 1 unspecified atom stereocenters. The van der Waals surface area contributed by atoms with E-state index in [4.69, 9.17) is 0 Å². The quantitative estimate of drug-likeness (QED) is 0.726. The number of piperazine rings is 1. The summed E-state index contributed by atoms with van der Waals surface area (Å²) in [4.78, 5) is 29.4. The Hall–Kier alpha value is -1.47. The highest BCUT2D eigenvalue weighted by atomic mass is 32.1. The molecule has 0 spiro atoms. The van der Waals surface area contributed by atoms with Crippen molar-refractivity contribution < 1.29 is 9.59 Å². The number of carbonyl (C=O) groups is 2. The molecule has 18 heavy (non-hydrogen) atoms. The van der Waals surface area contributed by atoms with Crippen molar-refractivity contribution in [3.05, 3.63) is 16.6 Å². The van der Waals surface area contributed by atoms with Crippen LogP contribution in [0.5, 0.6) is 0 Å². The van der Waals surface area contributed by atoms with E-state index in [0.717, 1.165) is 18.1 Å². The highest BCUT2D eigenvalue weighted by Crippen LogP contribution is 2.14. The molecule has 1 aliphatic rings. The zero-order valence-electron chi connectivity index (χ0n) is 10.2. The van der Waals surface area contributed by atoms with Crippen LogP contribution in [-0.2, 0) is 9.59 Å². The van der Waals surface area contributed by atoms with E-state index >= 15 is 0 Å². The molecule has 7 heteroatoms. The van der Waals surface area contributed by atoms with Gasteiger partial charge >= 0.3 is 11.8 Å². The molecule has 6 nitrogen and oxygen atoms in total. The van der Waals surface area contributed by atoms with E-state index in [2.05, 4.69) is 15.6 Å². The summed E-state index contributed by atoms with van der Waals surface area (Å²) in [5, 5.41) is 8.46. The molecule has 0 saturated carbocycles. The van der Waals surface area contributed by atoms with Crippen molar-refractivity contribution in [1.29, 1.82) is 0 Å². The van der Waals surface area contributed by atoms with Crippen LogP contribution in [0.25, 0.3) is 0 Å². The van der Waals surface area contributed by atoms with Crippen molar-refractivity contribution in [3.63, 3.8) is 0 Å². The van der Waals surface area contributed by atoms with Gasteiger partial charge in [-0.2, -0.15) is 0 Å². The Morgan fingerprint density at radius 2 is 2.22 bits per heavy atom. The summed E-state index contributed by atoms with van der Waals surface area (Å²) in [5.41, 5.74) is 0. The molecule has 1 atom stereocenters. The zero-order valence-corrected chi connectivity index (χ0v) is 11.0. The third-order valence-electron chi connectivity index (χ3n) is 2.77. The van der Waals surface area contributed by atoms with Crippen molar-refractivity contribution in [1.82, 2.24) is 20.5 Å². The molecule has 1 aromatic rings. The summed E-state index contributed by atoms with van der Waals surface area (Å²) in [6.07, 6.45) is 1.68. The van der Waals surface area contributed by atoms with Crippen molar-refractivity contribution in [3.8, 4) is 0 Å². The largest absolute Gasteiger partial charge is 0.339 e. The van der Waals surface area contributed by atoms with Gasteiger partial charge in [0.1, 0.15) is 5.01 Å². The van der Waals surface area contributed by atoms with E-state index in [0.29, 0.717) is 13.1 Å². The second kappa shape index (κ2) is 5.92. The number of rotatable bonds is 2. The summed E-state index contributed by atoms with van der Waals surface area (Å²) in [5.74, 6) is -1.01. The highest BCUT2D eigenvalue weighted by molar-refractivity contribution is 7.09. The topological polar surface area (TPSA) is 74.3 Å². The minimum atomic E-state index is -0.556. The molecule has 1 aromatic heterocycles. The van der Waals surface area contributed by atoms with E-state index in [1.54, 1.807) is 11.1 Å². The summed E-state index contributed by atoms with van der Waals surface area (Å²) in [6, 6.07) is -0.232. The van der Waals surface area contributed by atoms with E-state index in [9.17, 15) is 9.59 Å². The number of nitrogens with zero attached hydrogens (tertiary/aromatic N) is 2. The van der Waals surface area contributed by atoms with Crippen LogP contribution in [0.4, 0.5) is 0 Å². The lowest BCUT2D eigenvalue weighted by atomic mass is 10.3. The van der Waals surface area contributed by atoms with Gasteiger partial charge in [0.05, 0.1) is 6.04 Å². The normalized spacial score (nSPS) is 17.3. The third-order valence-corrected chi connectivity index (χ3v) is 3.73. The number of hydrogen-bond acceptors (Lipinski definition) is 5. The Morgan fingerprint density at radius 1 is 1.50 bits per heavy atom. The number of thiazole rings is 1. The SMILES string of the molecule is CC(NC(=O)C(=O)N1CCNCC1)c1nccs1. The van der Waals surface area contributed by atoms with E-state index < -0.39 is 11.8 Å². The summed E-state index contributed by atoms with van der Waals surface area (Å²) in [7, 11) is 0. The second-order valence-electron chi connectivity index (χ2n) is 4.11. The Labute approximate surface area is 109 Å². The Bertz CT molecular complexity index is 415. The predicted octanol–water partition coefficient (Wildman–Crippen LogP) is -0.248. The van der Waals surface area contributed by atoms with Gasteiger partial charge in [0.25, 0.3) is 0 Å². The van der Waals surface area contributed by atoms with Gasteiger partial charge < -0.3 is 15.5 Å². The van der Waals surface area contributed by atoms with Crippen LogP contribution in [0.2, 0.25) is 0 Å². The third kappa shape index (κ3) is 3.05. The van der Waals surface area contributed by atoms with Crippen molar-refractivity contribution in [2.45, 2.75) is 13.0 Å². The molecular formula is C11H16N4O2S. The Kier molecular flexibility index (Phi) is 4.27. The number of aromatic nitrogens is 1. The minimum absolute atomic E-state index is 0.232.